The van der Waals surface area contributed by atoms with E-state index in [1.807, 2.05) is 0 Å². The maximum atomic E-state index is 12.1. The molecule has 0 radical (unpaired) electrons. The molecular weight excluding hydrogens is 288 g/mol. The number of hydrogen-bond donors (Lipinski definition) is 2. The Morgan fingerprint density at radius 1 is 1.32 bits per heavy atom. The van der Waals surface area contributed by atoms with E-state index < -0.39 is 10.0 Å². The monoisotopic (exact) mass is 300 g/mol. The number of furan rings is 1. The molecule has 102 valence electrons. The maximum Gasteiger partial charge on any atom is 0.242 e. The first kappa shape index (κ1) is 13.9. The number of anilines is 1. The lowest BCUT2D eigenvalue weighted by molar-refractivity contribution is 0.506. The highest BCUT2D eigenvalue weighted by molar-refractivity contribution is 7.89. The van der Waals surface area contributed by atoms with Crippen molar-refractivity contribution in [2.45, 2.75) is 11.3 Å². The fourth-order valence-corrected chi connectivity index (χ4v) is 3.01. The molecule has 0 saturated heterocycles. The molecule has 0 aliphatic heterocycles. The molecule has 0 aliphatic rings. The van der Waals surface area contributed by atoms with Gasteiger partial charge in [0.25, 0.3) is 0 Å². The smallest absolute Gasteiger partial charge is 0.242 e. The topological polar surface area (TPSA) is 85.3 Å². The van der Waals surface area contributed by atoms with E-state index in [-0.39, 0.29) is 17.1 Å². The summed E-state index contributed by atoms with van der Waals surface area (Å²) >= 11 is 5.78. The van der Waals surface area contributed by atoms with Crippen molar-refractivity contribution in [3.63, 3.8) is 0 Å². The summed E-state index contributed by atoms with van der Waals surface area (Å²) in [6, 6.07) is 7.86. The minimum Gasteiger partial charge on any atom is -0.469 e. The van der Waals surface area contributed by atoms with Gasteiger partial charge in [0.2, 0.25) is 10.0 Å². The number of benzene rings is 1. The first-order valence-electron chi connectivity index (χ1n) is 5.56. The van der Waals surface area contributed by atoms with Gasteiger partial charge in [-0.1, -0.05) is 11.6 Å². The average molecular weight is 301 g/mol. The van der Waals surface area contributed by atoms with Crippen molar-refractivity contribution < 1.29 is 12.8 Å². The SMILES string of the molecule is Nc1ccc(Cl)cc1S(=O)(=O)NCCc1ccco1. The van der Waals surface area contributed by atoms with Gasteiger partial charge in [0.1, 0.15) is 10.7 Å². The van der Waals surface area contributed by atoms with Gasteiger partial charge in [-0.05, 0) is 30.3 Å². The molecule has 0 saturated carbocycles. The number of sulfonamides is 1. The quantitative estimate of drug-likeness (QED) is 0.827. The van der Waals surface area contributed by atoms with Gasteiger partial charge in [0, 0.05) is 18.0 Å². The average Bonchev–Trinajstić information content (AvgIpc) is 2.85. The zero-order chi connectivity index (χ0) is 13.9. The summed E-state index contributed by atoms with van der Waals surface area (Å²) in [4.78, 5) is -0.0144. The number of halogens is 1. The Labute approximate surface area is 116 Å². The summed E-state index contributed by atoms with van der Waals surface area (Å²) in [6.45, 7) is 0.224. The van der Waals surface area contributed by atoms with E-state index in [0.29, 0.717) is 17.2 Å². The van der Waals surface area contributed by atoms with E-state index in [2.05, 4.69) is 4.72 Å². The van der Waals surface area contributed by atoms with E-state index in [0.717, 1.165) is 0 Å². The fourth-order valence-electron chi connectivity index (χ4n) is 1.58. The van der Waals surface area contributed by atoms with Crippen LogP contribution < -0.4 is 10.5 Å². The van der Waals surface area contributed by atoms with Crippen LogP contribution in [0.1, 0.15) is 5.76 Å². The third-order valence-electron chi connectivity index (χ3n) is 2.51. The molecule has 5 nitrogen and oxygen atoms in total. The van der Waals surface area contributed by atoms with Crippen LogP contribution in [0.3, 0.4) is 0 Å². The largest absolute Gasteiger partial charge is 0.469 e. The second kappa shape index (κ2) is 5.64. The van der Waals surface area contributed by atoms with Gasteiger partial charge in [0.05, 0.1) is 12.0 Å². The summed E-state index contributed by atoms with van der Waals surface area (Å²) in [5.74, 6) is 0.710. The van der Waals surface area contributed by atoms with Gasteiger partial charge < -0.3 is 10.2 Å². The Kier molecular flexibility index (Phi) is 4.14. The van der Waals surface area contributed by atoms with Crippen LogP contribution in [0.4, 0.5) is 5.69 Å². The zero-order valence-corrected chi connectivity index (χ0v) is 11.5. The van der Waals surface area contributed by atoms with Crippen molar-refractivity contribution in [2.75, 3.05) is 12.3 Å². The van der Waals surface area contributed by atoms with Crippen LogP contribution in [0.5, 0.6) is 0 Å². The molecule has 3 N–H and O–H groups in total. The molecule has 7 heteroatoms. The second-order valence-electron chi connectivity index (χ2n) is 3.91. The van der Waals surface area contributed by atoms with Crippen molar-refractivity contribution in [1.82, 2.24) is 4.72 Å². The summed E-state index contributed by atoms with van der Waals surface area (Å²) in [5.41, 5.74) is 5.81. The molecule has 0 bridgehead atoms. The van der Waals surface area contributed by atoms with E-state index in [4.69, 9.17) is 21.8 Å². The molecule has 0 amide bonds. The lowest BCUT2D eigenvalue weighted by Crippen LogP contribution is -2.26. The Morgan fingerprint density at radius 3 is 2.79 bits per heavy atom. The van der Waals surface area contributed by atoms with Gasteiger partial charge >= 0.3 is 0 Å². The number of rotatable bonds is 5. The molecule has 2 aromatic rings. The minimum atomic E-state index is -3.67. The number of nitrogen functional groups attached to an aromatic ring is 1. The van der Waals surface area contributed by atoms with Crippen LogP contribution in [-0.4, -0.2) is 15.0 Å². The summed E-state index contributed by atoms with van der Waals surface area (Å²) in [6.07, 6.45) is 2.01. The zero-order valence-electron chi connectivity index (χ0n) is 9.97. The molecule has 0 fully saturated rings. The van der Waals surface area contributed by atoms with Crippen LogP contribution in [-0.2, 0) is 16.4 Å². The van der Waals surface area contributed by atoms with Crippen molar-refractivity contribution in [3.05, 3.63) is 47.4 Å². The third kappa shape index (κ3) is 3.50. The first-order valence-corrected chi connectivity index (χ1v) is 7.42. The molecular formula is C12H13ClN2O3S. The summed E-state index contributed by atoms with van der Waals surface area (Å²) in [7, 11) is -3.67. The van der Waals surface area contributed by atoms with Gasteiger partial charge in [0.15, 0.2) is 0 Å². The highest BCUT2D eigenvalue weighted by Crippen LogP contribution is 2.22. The Bertz CT molecular complexity index is 654. The van der Waals surface area contributed by atoms with Crippen molar-refractivity contribution in [3.8, 4) is 0 Å². The van der Waals surface area contributed by atoms with Gasteiger partial charge in [-0.2, -0.15) is 0 Å². The lowest BCUT2D eigenvalue weighted by atomic mass is 10.3. The van der Waals surface area contributed by atoms with Crippen LogP contribution >= 0.6 is 11.6 Å². The Hall–Kier alpha value is -1.50. The fraction of sp³-hybridized carbons (Fsp3) is 0.167. The standard InChI is InChI=1S/C12H13ClN2O3S/c13-9-3-4-11(14)12(8-9)19(16,17)15-6-5-10-2-1-7-18-10/h1-4,7-8,15H,5-6,14H2. The van der Waals surface area contributed by atoms with Crippen molar-refractivity contribution >= 4 is 27.3 Å². The van der Waals surface area contributed by atoms with Gasteiger partial charge in [-0.15, -0.1) is 0 Å². The second-order valence-corrected chi connectivity index (χ2v) is 6.08. The first-order chi connectivity index (χ1) is 8.99. The summed E-state index contributed by atoms with van der Waals surface area (Å²) < 4.78 is 31.7. The minimum absolute atomic E-state index is 0.0144. The maximum absolute atomic E-state index is 12.1. The van der Waals surface area contributed by atoms with Crippen LogP contribution in [0.15, 0.2) is 45.9 Å². The lowest BCUT2D eigenvalue weighted by Gasteiger charge is -2.08. The highest BCUT2D eigenvalue weighted by Gasteiger charge is 2.17. The Morgan fingerprint density at radius 2 is 2.11 bits per heavy atom. The van der Waals surface area contributed by atoms with Crippen LogP contribution in [0.25, 0.3) is 0 Å². The van der Waals surface area contributed by atoms with E-state index in [9.17, 15) is 8.42 Å². The van der Waals surface area contributed by atoms with E-state index in [1.165, 1.54) is 12.1 Å². The van der Waals surface area contributed by atoms with Gasteiger partial charge in [-0.3, -0.25) is 0 Å². The molecule has 1 aromatic heterocycles. The van der Waals surface area contributed by atoms with Crippen molar-refractivity contribution in [2.24, 2.45) is 0 Å². The number of nitrogens with one attached hydrogen (secondary N) is 1. The molecule has 0 unspecified atom stereocenters. The van der Waals surface area contributed by atoms with Crippen LogP contribution in [0.2, 0.25) is 5.02 Å². The van der Waals surface area contributed by atoms with Crippen LogP contribution in [0, 0.1) is 0 Å². The Balaban J connectivity index is 2.07. The molecule has 0 spiro atoms. The molecule has 1 heterocycles. The van der Waals surface area contributed by atoms with E-state index >= 15 is 0 Å². The van der Waals surface area contributed by atoms with E-state index in [1.54, 1.807) is 24.5 Å². The molecule has 0 aliphatic carbocycles. The summed E-state index contributed by atoms with van der Waals surface area (Å²) in [5, 5.41) is 0.320. The highest BCUT2D eigenvalue weighted by atomic mass is 35.5. The predicted molar refractivity (Wildman–Crippen MR) is 73.5 cm³/mol. The van der Waals surface area contributed by atoms with Gasteiger partial charge in [-0.25, -0.2) is 13.1 Å². The molecule has 19 heavy (non-hydrogen) atoms. The normalized spacial score (nSPS) is 11.6. The number of hydrogen-bond acceptors (Lipinski definition) is 4. The van der Waals surface area contributed by atoms with Crippen molar-refractivity contribution in [1.29, 1.82) is 0 Å². The molecule has 1 aromatic carbocycles. The molecule has 0 atom stereocenters. The predicted octanol–water partition coefficient (Wildman–Crippen LogP) is 2.04. The number of nitrogens with two attached hydrogens (primary N) is 1. The third-order valence-corrected chi connectivity index (χ3v) is 4.26. The molecule has 2 rings (SSSR count).